The Balaban J connectivity index is 2.02. The first-order valence-corrected chi connectivity index (χ1v) is 7.80. The Labute approximate surface area is 151 Å². The van der Waals surface area contributed by atoms with E-state index in [2.05, 4.69) is 10.3 Å². The molecule has 0 atom stereocenters. The van der Waals surface area contributed by atoms with Gasteiger partial charge in [-0.05, 0) is 37.3 Å². The summed E-state index contributed by atoms with van der Waals surface area (Å²) in [7, 11) is 1.47. The molecule has 9 heteroatoms. The molecule has 2 heterocycles. The standard InChI is InChI=1S/C17H13ClF3N3O2/c1-9-14(24-7-3-4-13(26-2)15(24)22-9)16(25)23-12-8-10(17(19,20)21)5-6-11(12)18/h3-8H,1-2H3,(H,23,25). The van der Waals surface area contributed by atoms with E-state index in [1.54, 1.807) is 25.3 Å². The lowest BCUT2D eigenvalue weighted by Gasteiger charge is -2.12. The average Bonchev–Trinajstić information content (AvgIpc) is 2.91. The highest BCUT2D eigenvalue weighted by Gasteiger charge is 2.31. The molecule has 0 aliphatic carbocycles. The predicted molar refractivity (Wildman–Crippen MR) is 90.9 cm³/mol. The van der Waals surface area contributed by atoms with Gasteiger partial charge in [0, 0.05) is 6.20 Å². The number of alkyl halides is 3. The number of anilines is 1. The summed E-state index contributed by atoms with van der Waals surface area (Å²) in [6, 6.07) is 6.08. The fraction of sp³-hybridized carbons (Fsp3) is 0.176. The van der Waals surface area contributed by atoms with E-state index in [9.17, 15) is 18.0 Å². The molecule has 0 bridgehead atoms. The van der Waals surface area contributed by atoms with Crippen LogP contribution in [0.15, 0.2) is 36.5 Å². The fourth-order valence-electron chi connectivity index (χ4n) is 2.57. The Bertz CT molecular complexity index is 999. The minimum atomic E-state index is -4.54. The molecule has 0 radical (unpaired) electrons. The van der Waals surface area contributed by atoms with Crippen LogP contribution in [0.3, 0.4) is 0 Å². The lowest BCUT2D eigenvalue weighted by molar-refractivity contribution is -0.137. The number of aromatic nitrogens is 2. The quantitative estimate of drug-likeness (QED) is 0.720. The molecule has 3 rings (SSSR count). The second-order valence-corrected chi connectivity index (χ2v) is 5.87. The molecule has 26 heavy (non-hydrogen) atoms. The molecule has 0 spiro atoms. The van der Waals surface area contributed by atoms with Crippen molar-refractivity contribution in [2.24, 2.45) is 0 Å². The maximum atomic E-state index is 12.9. The topological polar surface area (TPSA) is 55.6 Å². The highest BCUT2D eigenvalue weighted by atomic mass is 35.5. The third-order valence-electron chi connectivity index (χ3n) is 3.77. The third-order valence-corrected chi connectivity index (χ3v) is 4.09. The number of hydrogen-bond acceptors (Lipinski definition) is 3. The number of hydrogen-bond donors (Lipinski definition) is 1. The molecular formula is C17H13ClF3N3O2. The minimum absolute atomic E-state index is 0.00426. The van der Waals surface area contributed by atoms with Crippen molar-refractivity contribution < 1.29 is 22.7 Å². The second kappa shape index (κ2) is 6.53. The van der Waals surface area contributed by atoms with Gasteiger partial charge in [-0.25, -0.2) is 4.98 Å². The highest BCUT2D eigenvalue weighted by molar-refractivity contribution is 6.34. The number of methoxy groups -OCH3 is 1. The van der Waals surface area contributed by atoms with Gasteiger partial charge in [0.15, 0.2) is 11.4 Å². The molecule has 2 aromatic heterocycles. The number of ether oxygens (including phenoxy) is 1. The molecule has 0 aliphatic rings. The molecule has 1 aromatic carbocycles. The molecular weight excluding hydrogens is 371 g/mol. The van der Waals surface area contributed by atoms with Crippen LogP contribution in [0.4, 0.5) is 18.9 Å². The van der Waals surface area contributed by atoms with Crippen LogP contribution in [-0.2, 0) is 6.18 Å². The predicted octanol–water partition coefficient (Wildman–Crippen LogP) is 4.58. The molecule has 5 nitrogen and oxygen atoms in total. The average molecular weight is 384 g/mol. The normalized spacial score (nSPS) is 11.6. The molecule has 0 fully saturated rings. The van der Waals surface area contributed by atoms with E-state index >= 15 is 0 Å². The summed E-state index contributed by atoms with van der Waals surface area (Å²) in [6.45, 7) is 1.62. The van der Waals surface area contributed by atoms with Crippen molar-refractivity contribution in [3.05, 3.63) is 58.5 Å². The Morgan fingerprint density at radius 3 is 2.69 bits per heavy atom. The molecule has 0 saturated carbocycles. The van der Waals surface area contributed by atoms with Gasteiger partial charge in [0.2, 0.25) is 0 Å². The summed E-state index contributed by atoms with van der Waals surface area (Å²) in [5.41, 5.74) is -0.0484. The molecule has 1 amide bonds. The highest BCUT2D eigenvalue weighted by Crippen LogP contribution is 2.34. The first kappa shape index (κ1) is 18.1. The van der Waals surface area contributed by atoms with Crippen LogP contribution in [0.5, 0.6) is 5.75 Å². The van der Waals surface area contributed by atoms with E-state index < -0.39 is 17.6 Å². The molecule has 0 unspecified atom stereocenters. The zero-order chi connectivity index (χ0) is 19.1. The molecule has 0 saturated heterocycles. The van der Waals surface area contributed by atoms with Crippen LogP contribution >= 0.6 is 11.6 Å². The summed E-state index contributed by atoms with van der Waals surface area (Å²) in [6.07, 6.45) is -2.93. The first-order valence-electron chi connectivity index (χ1n) is 7.42. The van der Waals surface area contributed by atoms with E-state index in [0.29, 0.717) is 17.1 Å². The Morgan fingerprint density at radius 2 is 2.04 bits per heavy atom. The van der Waals surface area contributed by atoms with E-state index in [1.807, 2.05) is 0 Å². The number of carbonyl (C=O) groups is 1. The lowest BCUT2D eigenvalue weighted by Crippen LogP contribution is -2.16. The van der Waals surface area contributed by atoms with Crippen LogP contribution in [0, 0.1) is 6.92 Å². The smallest absolute Gasteiger partial charge is 0.416 e. The second-order valence-electron chi connectivity index (χ2n) is 5.46. The number of pyridine rings is 1. The van der Waals surface area contributed by atoms with E-state index in [-0.39, 0.29) is 16.4 Å². The van der Waals surface area contributed by atoms with Crippen molar-refractivity contribution in [2.75, 3.05) is 12.4 Å². The van der Waals surface area contributed by atoms with Gasteiger partial charge in [-0.15, -0.1) is 0 Å². The molecule has 0 aliphatic heterocycles. The van der Waals surface area contributed by atoms with Crippen molar-refractivity contribution in [1.82, 2.24) is 9.38 Å². The number of nitrogens with zero attached hydrogens (tertiary/aromatic N) is 2. The number of amides is 1. The van der Waals surface area contributed by atoms with Crippen molar-refractivity contribution in [2.45, 2.75) is 13.1 Å². The van der Waals surface area contributed by atoms with Crippen molar-refractivity contribution in [3.63, 3.8) is 0 Å². The zero-order valence-electron chi connectivity index (χ0n) is 13.7. The number of benzene rings is 1. The van der Waals surface area contributed by atoms with Gasteiger partial charge in [0.25, 0.3) is 5.91 Å². The van der Waals surface area contributed by atoms with E-state index in [4.69, 9.17) is 16.3 Å². The maximum absolute atomic E-state index is 12.9. The third kappa shape index (κ3) is 3.20. The molecule has 3 aromatic rings. The summed E-state index contributed by atoms with van der Waals surface area (Å²) in [5, 5.41) is 2.42. The summed E-state index contributed by atoms with van der Waals surface area (Å²) in [5.74, 6) is -0.170. The summed E-state index contributed by atoms with van der Waals surface area (Å²) < 4.78 is 45.4. The van der Waals surface area contributed by atoms with E-state index in [1.165, 1.54) is 11.5 Å². The number of aryl methyl sites for hydroxylation is 1. The first-order chi connectivity index (χ1) is 12.2. The van der Waals surface area contributed by atoms with E-state index in [0.717, 1.165) is 18.2 Å². The van der Waals surface area contributed by atoms with Crippen LogP contribution in [0.1, 0.15) is 21.7 Å². The van der Waals surface area contributed by atoms with Crippen LogP contribution in [0.25, 0.3) is 5.65 Å². The van der Waals surface area contributed by atoms with Gasteiger partial charge in [0.05, 0.1) is 29.1 Å². The number of carbonyl (C=O) groups excluding carboxylic acids is 1. The Kier molecular flexibility index (Phi) is 4.53. The maximum Gasteiger partial charge on any atom is 0.416 e. The van der Waals surface area contributed by atoms with Gasteiger partial charge in [-0.1, -0.05) is 11.6 Å². The van der Waals surface area contributed by atoms with Crippen LogP contribution in [0.2, 0.25) is 5.02 Å². The molecule has 136 valence electrons. The zero-order valence-corrected chi connectivity index (χ0v) is 14.4. The number of fused-ring (bicyclic) bond motifs is 1. The van der Waals surface area contributed by atoms with Crippen LogP contribution in [-0.4, -0.2) is 22.4 Å². The number of rotatable bonds is 3. The van der Waals surface area contributed by atoms with Crippen molar-refractivity contribution in [1.29, 1.82) is 0 Å². The summed E-state index contributed by atoms with van der Waals surface area (Å²) in [4.78, 5) is 17.0. The Hall–Kier alpha value is -2.74. The van der Waals surface area contributed by atoms with Crippen LogP contribution < -0.4 is 10.1 Å². The van der Waals surface area contributed by atoms with Crippen molar-refractivity contribution in [3.8, 4) is 5.75 Å². The Morgan fingerprint density at radius 1 is 1.31 bits per heavy atom. The van der Waals surface area contributed by atoms with Gasteiger partial charge in [-0.2, -0.15) is 13.2 Å². The van der Waals surface area contributed by atoms with Gasteiger partial charge < -0.3 is 10.1 Å². The van der Waals surface area contributed by atoms with Gasteiger partial charge >= 0.3 is 6.18 Å². The minimum Gasteiger partial charge on any atom is -0.493 e. The fourth-order valence-corrected chi connectivity index (χ4v) is 2.73. The number of nitrogens with one attached hydrogen (secondary N) is 1. The molecule has 1 N–H and O–H groups in total. The lowest BCUT2D eigenvalue weighted by atomic mass is 10.2. The van der Waals surface area contributed by atoms with Gasteiger partial charge in [0.1, 0.15) is 5.69 Å². The van der Waals surface area contributed by atoms with Gasteiger partial charge in [-0.3, -0.25) is 9.20 Å². The number of halogens is 4. The summed E-state index contributed by atoms with van der Waals surface area (Å²) >= 11 is 5.93. The SMILES string of the molecule is COc1cccn2c(C(=O)Nc3cc(C(F)(F)F)ccc3Cl)c(C)nc12. The largest absolute Gasteiger partial charge is 0.493 e. The monoisotopic (exact) mass is 383 g/mol. The van der Waals surface area contributed by atoms with Crippen molar-refractivity contribution >= 4 is 28.8 Å². The number of imidazole rings is 1.